The van der Waals surface area contributed by atoms with Crippen LogP contribution in [0.4, 0.5) is 15.9 Å². The third-order valence-corrected chi connectivity index (χ3v) is 10.1. The van der Waals surface area contributed by atoms with Gasteiger partial charge < -0.3 is 19.3 Å². The molecule has 11 heteroatoms. The van der Waals surface area contributed by atoms with Crippen molar-refractivity contribution in [2.24, 2.45) is 5.41 Å². The first-order valence-corrected chi connectivity index (χ1v) is 17.5. The molecule has 1 saturated carbocycles. The average molecular weight is 686 g/mol. The van der Waals surface area contributed by atoms with Gasteiger partial charge in [0.15, 0.2) is 11.6 Å². The predicted octanol–water partition coefficient (Wildman–Crippen LogP) is 6.86. The molecule has 1 aliphatic carbocycles. The Bertz CT molecular complexity index is 2020. The fourth-order valence-corrected chi connectivity index (χ4v) is 7.68. The average Bonchev–Trinajstić information content (AvgIpc) is 3.11. The van der Waals surface area contributed by atoms with Gasteiger partial charge in [-0.25, -0.2) is 14.4 Å². The molecule has 0 bridgehead atoms. The molecule has 8 rings (SSSR count). The second kappa shape index (κ2) is 13.7. The summed E-state index contributed by atoms with van der Waals surface area (Å²) in [5, 5.41) is 0. The predicted molar refractivity (Wildman–Crippen MR) is 191 cm³/mol. The number of pyridine rings is 2. The minimum atomic E-state index is -0.531. The van der Waals surface area contributed by atoms with Crippen molar-refractivity contribution < 1.29 is 18.7 Å². The summed E-state index contributed by atoms with van der Waals surface area (Å²) in [5.74, 6) is 1.31. The number of halogens is 1. The number of benzene rings is 2. The van der Waals surface area contributed by atoms with Gasteiger partial charge >= 0.3 is 0 Å². The van der Waals surface area contributed by atoms with E-state index in [-0.39, 0.29) is 34.8 Å². The molecule has 1 amide bonds. The van der Waals surface area contributed by atoms with Gasteiger partial charge in [-0.05, 0) is 68.7 Å². The van der Waals surface area contributed by atoms with E-state index in [0.717, 1.165) is 63.4 Å². The van der Waals surface area contributed by atoms with Gasteiger partial charge in [0.1, 0.15) is 29.7 Å². The van der Waals surface area contributed by atoms with E-state index in [1.807, 2.05) is 26.1 Å². The molecule has 0 atom stereocenters. The second-order valence-electron chi connectivity index (χ2n) is 14.1. The monoisotopic (exact) mass is 685 g/mol. The largest absolute Gasteiger partial charge is 0.490 e. The summed E-state index contributed by atoms with van der Waals surface area (Å²) in [6.07, 6.45) is 11.2. The normalized spacial score (nSPS) is 16.7. The number of carbonyl (C=O) groups excluding carboxylic acids is 1. The lowest BCUT2D eigenvalue weighted by molar-refractivity contribution is -0.0353. The number of aromatic nitrogens is 4. The molecule has 1 spiro atoms. The maximum absolute atomic E-state index is 14.6. The Balaban J connectivity index is 0.926. The molecular weight excluding hydrogens is 645 g/mol. The van der Waals surface area contributed by atoms with Crippen molar-refractivity contribution in [3.05, 3.63) is 126 Å². The van der Waals surface area contributed by atoms with Crippen LogP contribution in [0.25, 0.3) is 0 Å². The first-order chi connectivity index (χ1) is 24.8. The van der Waals surface area contributed by atoms with Crippen molar-refractivity contribution in [1.29, 1.82) is 0 Å². The zero-order valence-electron chi connectivity index (χ0n) is 28.8. The van der Waals surface area contributed by atoms with Gasteiger partial charge in [0.05, 0.1) is 11.8 Å². The number of anilines is 2. The molecule has 260 valence electrons. The standard InChI is InChI=1S/C40H40FN7O3/c1-27(2)48(30-10-14-42-15-11-30)39(49)32-18-29(41)8-9-35(32)51-37-21-43-26-45-38(37)47-24-40(25-47)19-31(20-40)50-36-12-16-44-34-13-17-46(23-33(34)36)22-28-6-4-3-5-7-28/h3-12,14-16,18,21,26-27,31H,13,17,19-20,22-25H2,1-2H3. The summed E-state index contributed by atoms with van der Waals surface area (Å²) in [7, 11) is 0. The quantitative estimate of drug-likeness (QED) is 0.156. The molecule has 3 aromatic heterocycles. The molecule has 2 aliphatic heterocycles. The van der Waals surface area contributed by atoms with Gasteiger partial charge in [-0.3, -0.25) is 19.7 Å². The van der Waals surface area contributed by atoms with Gasteiger partial charge in [-0.15, -0.1) is 0 Å². The van der Waals surface area contributed by atoms with Crippen LogP contribution in [0.2, 0.25) is 0 Å². The summed E-state index contributed by atoms with van der Waals surface area (Å²) in [6.45, 7) is 8.14. The topological polar surface area (TPSA) is 96.8 Å². The van der Waals surface area contributed by atoms with E-state index < -0.39 is 5.82 Å². The lowest BCUT2D eigenvalue weighted by Gasteiger charge is -2.59. The number of hydrogen-bond acceptors (Lipinski definition) is 9. The SMILES string of the molecule is CC(C)N(C(=O)c1cc(F)ccc1Oc1cncnc1N1CC2(CC(Oc3ccnc4c3CN(Cc3ccccc3)CC4)C2)C1)c1ccncc1. The number of amides is 1. The van der Waals surface area contributed by atoms with Crippen LogP contribution in [-0.4, -0.2) is 62.5 Å². The summed E-state index contributed by atoms with van der Waals surface area (Å²) >= 11 is 0. The van der Waals surface area contributed by atoms with Crippen molar-refractivity contribution in [2.75, 3.05) is 29.4 Å². The van der Waals surface area contributed by atoms with Crippen LogP contribution in [0, 0.1) is 11.2 Å². The van der Waals surface area contributed by atoms with Gasteiger partial charge in [-0.2, -0.15) is 0 Å². The molecule has 51 heavy (non-hydrogen) atoms. The maximum atomic E-state index is 14.6. The molecule has 10 nitrogen and oxygen atoms in total. The van der Waals surface area contributed by atoms with Crippen molar-refractivity contribution >= 4 is 17.4 Å². The molecule has 2 aromatic carbocycles. The van der Waals surface area contributed by atoms with Crippen LogP contribution in [0.15, 0.2) is 97.8 Å². The number of fused-ring (bicyclic) bond motifs is 1. The van der Waals surface area contributed by atoms with Crippen molar-refractivity contribution in [1.82, 2.24) is 24.8 Å². The number of carbonyl (C=O) groups is 1. The van der Waals surface area contributed by atoms with Crippen LogP contribution in [0.5, 0.6) is 17.2 Å². The third kappa shape index (κ3) is 6.73. The highest BCUT2D eigenvalue weighted by molar-refractivity contribution is 6.08. The Kier molecular flexibility index (Phi) is 8.81. The summed E-state index contributed by atoms with van der Waals surface area (Å²) < 4.78 is 27.5. The van der Waals surface area contributed by atoms with E-state index in [0.29, 0.717) is 17.3 Å². The van der Waals surface area contributed by atoms with E-state index in [2.05, 4.69) is 60.1 Å². The van der Waals surface area contributed by atoms with Crippen LogP contribution in [-0.2, 0) is 19.5 Å². The van der Waals surface area contributed by atoms with E-state index in [4.69, 9.17) is 9.47 Å². The highest BCUT2D eigenvalue weighted by Gasteiger charge is 2.54. The second-order valence-corrected chi connectivity index (χ2v) is 14.1. The first-order valence-electron chi connectivity index (χ1n) is 17.5. The highest BCUT2D eigenvalue weighted by atomic mass is 19.1. The zero-order chi connectivity index (χ0) is 35.0. The zero-order valence-corrected chi connectivity index (χ0v) is 28.8. The molecule has 1 saturated heterocycles. The lowest BCUT2D eigenvalue weighted by atomic mass is 9.61. The summed E-state index contributed by atoms with van der Waals surface area (Å²) in [5.41, 5.74) is 4.55. The number of nitrogens with zero attached hydrogens (tertiary/aromatic N) is 7. The van der Waals surface area contributed by atoms with Crippen molar-refractivity contribution in [3.63, 3.8) is 0 Å². The van der Waals surface area contributed by atoms with E-state index >= 15 is 0 Å². The fraction of sp³-hybridized carbons (Fsp3) is 0.325. The van der Waals surface area contributed by atoms with Crippen LogP contribution in [0.3, 0.4) is 0 Å². The minimum absolute atomic E-state index is 0.107. The van der Waals surface area contributed by atoms with Crippen molar-refractivity contribution in [2.45, 2.75) is 58.3 Å². The molecule has 2 fully saturated rings. The van der Waals surface area contributed by atoms with Crippen molar-refractivity contribution in [3.8, 4) is 17.2 Å². The van der Waals surface area contributed by atoms with Gasteiger partial charge in [0, 0.05) is 86.1 Å². The number of rotatable bonds is 10. The molecular formula is C40H40FN7O3. The fourth-order valence-electron chi connectivity index (χ4n) is 7.68. The third-order valence-electron chi connectivity index (χ3n) is 10.1. The Hall–Kier alpha value is -5.42. The molecule has 5 aromatic rings. The molecule has 0 unspecified atom stereocenters. The van der Waals surface area contributed by atoms with E-state index in [1.165, 1.54) is 35.7 Å². The Labute approximate surface area is 296 Å². The highest BCUT2D eigenvalue weighted by Crippen LogP contribution is 2.52. The Morgan fingerprint density at radius 1 is 0.961 bits per heavy atom. The summed E-state index contributed by atoms with van der Waals surface area (Å²) in [6, 6.07) is 19.9. The molecule has 3 aliphatic rings. The van der Waals surface area contributed by atoms with Gasteiger partial charge in [0.25, 0.3) is 5.91 Å². The number of ether oxygens (including phenoxy) is 2. The Morgan fingerprint density at radius 3 is 2.55 bits per heavy atom. The summed E-state index contributed by atoms with van der Waals surface area (Å²) in [4.78, 5) is 37.7. The van der Waals surface area contributed by atoms with Crippen LogP contribution < -0.4 is 19.3 Å². The van der Waals surface area contributed by atoms with E-state index in [1.54, 1.807) is 35.6 Å². The Morgan fingerprint density at radius 2 is 1.76 bits per heavy atom. The smallest absolute Gasteiger partial charge is 0.262 e. The van der Waals surface area contributed by atoms with Gasteiger partial charge in [0.2, 0.25) is 0 Å². The number of hydrogen-bond donors (Lipinski definition) is 0. The maximum Gasteiger partial charge on any atom is 0.262 e. The van der Waals surface area contributed by atoms with Crippen LogP contribution in [0.1, 0.15) is 53.9 Å². The molecule has 0 N–H and O–H groups in total. The minimum Gasteiger partial charge on any atom is -0.490 e. The lowest BCUT2D eigenvalue weighted by Crippen LogP contribution is -2.65. The van der Waals surface area contributed by atoms with Crippen LogP contribution >= 0.6 is 0 Å². The first kappa shape index (κ1) is 32.8. The van der Waals surface area contributed by atoms with E-state index in [9.17, 15) is 9.18 Å². The van der Waals surface area contributed by atoms with Gasteiger partial charge in [-0.1, -0.05) is 30.3 Å². The molecule has 5 heterocycles. The molecule has 0 radical (unpaired) electrons.